The SMILES string of the molecule is CC1(c2ncc(Cl)s2)CCN(C(=O)[C@H]2CCCCO2)CC1. The normalized spacial score (nSPS) is 25.8. The van der Waals surface area contributed by atoms with Crippen molar-refractivity contribution in [2.75, 3.05) is 19.7 Å². The number of thiazole rings is 1. The van der Waals surface area contributed by atoms with Crippen molar-refractivity contribution in [2.45, 2.75) is 50.5 Å². The fraction of sp³-hybridized carbons (Fsp3) is 0.733. The first-order valence-electron chi connectivity index (χ1n) is 7.61. The van der Waals surface area contributed by atoms with E-state index in [1.54, 1.807) is 17.5 Å². The number of hydrogen-bond donors (Lipinski definition) is 0. The molecule has 2 fully saturated rings. The summed E-state index contributed by atoms with van der Waals surface area (Å²) in [6, 6.07) is 0. The molecule has 4 nitrogen and oxygen atoms in total. The number of ether oxygens (including phenoxy) is 1. The standard InChI is InChI=1S/C15H21ClN2O2S/c1-15(14-17-10-12(16)21-14)5-7-18(8-6-15)13(19)11-4-2-3-9-20-11/h10-11H,2-9H2,1H3/t11-/m1/s1. The Balaban J connectivity index is 1.60. The minimum absolute atomic E-state index is 0.0437. The van der Waals surface area contributed by atoms with E-state index in [2.05, 4.69) is 11.9 Å². The van der Waals surface area contributed by atoms with E-state index in [0.717, 1.165) is 61.1 Å². The highest BCUT2D eigenvalue weighted by molar-refractivity contribution is 7.15. The van der Waals surface area contributed by atoms with E-state index in [9.17, 15) is 4.79 Å². The Morgan fingerprint density at radius 1 is 1.48 bits per heavy atom. The molecule has 1 aromatic rings. The van der Waals surface area contributed by atoms with Gasteiger partial charge in [0.15, 0.2) is 0 Å². The molecule has 1 atom stereocenters. The fourth-order valence-electron chi connectivity index (χ4n) is 3.11. The predicted molar refractivity (Wildman–Crippen MR) is 83.9 cm³/mol. The summed E-state index contributed by atoms with van der Waals surface area (Å²) < 4.78 is 6.35. The van der Waals surface area contributed by atoms with E-state index in [0.29, 0.717) is 0 Å². The van der Waals surface area contributed by atoms with E-state index in [1.807, 2.05) is 4.90 Å². The van der Waals surface area contributed by atoms with Crippen molar-refractivity contribution in [1.82, 2.24) is 9.88 Å². The molecule has 0 N–H and O–H groups in total. The first-order valence-corrected chi connectivity index (χ1v) is 8.80. The number of piperidine rings is 1. The summed E-state index contributed by atoms with van der Waals surface area (Å²) in [6.07, 6.45) is 6.43. The maximum Gasteiger partial charge on any atom is 0.251 e. The second-order valence-electron chi connectivity index (χ2n) is 6.21. The molecule has 2 aliphatic heterocycles. The molecule has 1 aromatic heterocycles. The van der Waals surface area contributed by atoms with Gasteiger partial charge in [0.2, 0.25) is 0 Å². The van der Waals surface area contributed by atoms with Crippen molar-refractivity contribution in [3.05, 3.63) is 15.5 Å². The van der Waals surface area contributed by atoms with Crippen LogP contribution in [-0.4, -0.2) is 41.6 Å². The largest absolute Gasteiger partial charge is 0.368 e. The highest BCUT2D eigenvalue weighted by Gasteiger charge is 2.37. The molecule has 0 unspecified atom stereocenters. The third-order valence-electron chi connectivity index (χ3n) is 4.63. The van der Waals surface area contributed by atoms with Crippen LogP contribution in [-0.2, 0) is 14.9 Å². The highest BCUT2D eigenvalue weighted by Crippen LogP contribution is 2.38. The zero-order valence-corrected chi connectivity index (χ0v) is 13.9. The second-order valence-corrected chi connectivity index (χ2v) is 7.87. The number of amides is 1. The lowest BCUT2D eigenvalue weighted by Gasteiger charge is -2.39. The van der Waals surface area contributed by atoms with Crippen LogP contribution in [0, 0.1) is 0 Å². The second kappa shape index (κ2) is 6.23. The van der Waals surface area contributed by atoms with Crippen LogP contribution in [0.4, 0.5) is 0 Å². The first-order chi connectivity index (χ1) is 10.1. The number of hydrogen-bond acceptors (Lipinski definition) is 4. The smallest absolute Gasteiger partial charge is 0.251 e. The van der Waals surface area contributed by atoms with E-state index < -0.39 is 0 Å². The summed E-state index contributed by atoms with van der Waals surface area (Å²) in [5, 5.41) is 1.09. The van der Waals surface area contributed by atoms with Gasteiger partial charge >= 0.3 is 0 Å². The van der Waals surface area contributed by atoms with Gasteiger partial charge in [0.25, 0.3) is 5.91 Å². The summed E-state index contributed by atoms with van der Waals surface area (Å²) in [5.41, 5.74) is 0.0437. The number of nitrogens with zero attached hydrogens (tertiary/aromatic N) is 2. The van der Waals surface area contributed by atoms with E-state index >= 15 is 0 Å². The number of likely N-dealkylation sites (tertiary alicyclic amines) is 1. The van der Waals surface area contributed by atoms with Crippen LogP contribution in [0.5, 0.6) is 0 Å². The lowest BCUT2D eigenvalue weighted by molar-refractivity contribution is -0.148. The molecule has 3 heterocycles. The Morgan fingerprint density at radius 3 is 2.81 bits per heavy atom. The maximum absolute atomic E-state index is 12.5. The number of carbonyl (C=O) groups excluding carboxylic acids is 1. The molecule has 6 heteroatoms. The Labute approximate surface area is 134 Å². The summed E-state index contributed by atoms with van der Waals surface area (Å²) >= 11 is 7.55. The minimum atomic E-state index is -0.211. The fourth-order valence-corrected chi connectivity index (χ4v) is 4.22. The average Bonchev–Trinajstić information content (AvgIpc) is 2.96. The molecule has 116 valence electrons. The molecule has 2 aliphatic rings. The minimum Gasteiger partial charge on any atom is -0.368 e. The topological polar surface area (TPSA) is 42.4 Å². The highest BCUT2D eigenvalue weighted by atomic mass is 35.5. The van der Waals surface area contributed by atoms with Gasteiger partial charge < -0.3 is 9.64 Å². The maximum atomic E-state index is 12.5. The van der Waals surface area contributed by atoms with E-state index in [-0.39, 0.29) is 17.4 Å². The molecule has 0 bridgehead atoms. The zero-order valence-electron chi connectivity index (χ0n) is 12.3. The Morgan fingerprint density at radius 2 is 2.24 bits per heavy atom. The van der Waals surface area contributed by atoms with E-state index in [4.69, 9.17) is 16.3 Å². The van der Waals surface area contributed by atoms with E-state index in [1.165, 1.54) is 0 Å². The number of aromatic nitrogens is 1. The van der Waals surface area contributed by atoms with Crippen molar-refractivity contribution in [3.63, 3.8) is 0 Å². The van der Waals surface area contributed by atoms with Gasteiger partial charge in [-0.05, 0) is 32.1 Å². The molecule has 21 heavy (non-hydrogen) atoms. The van der Waals surface area contributed by atoms with Crippen molar-refractivity contribution in [1.29, 1.82) is 0 Å². The van der Waals surface area contributed by atoms with Crippen molar-refractivity contribution < 1.29 is 9.53 Å². The van der Waals surface area contributed by atoms with Gasteiger partial charge in [-0.2, -0.15) is 0 Å². The first kappa shape index (κ1) is 15.3. The molecule has 0 saturated carbocycles. The third-order valence-corrected chi connectivity index (χ3v) is 6.05. The molecule has 0 aliphatic carbocycles. The Hall–Kier alpha value is -0.650. The summed E-state index contributed by atoms with van der Waals surface area (Å²) in [5.74, 6) is 0.175. The molecule has 0 radical (unpaired) electrons. The monoisotopic (exact) mass is 328 g/mol. The molecule has 0 spiro atoms. The molecule has 3 rings (SSSR count). The van der Waals surface area contributed by atoms with Gasteiger partial charge in [-0.3, -0.25) is 4.79 Å². The Kier molecular flexibility index (Phi) is 4.52. The van der Waals surface area contributed by atoms with Crippen LogP contribution in [0.1, 0.15) is 44.0 Å². The van der Waals surface area contributed by atoms with Crippen LogP contribution in [0.25, 0.3) is 0 Å². The number of halogens is 1. The van der Waals surface area contributed by atoms with Crippen molar-refractivity contribution >= 4 is 28.8 Å². The van der Waals surface area contributed by atoms with Crippen LogP contribution < -0.4 is 0 Å². The summed E-state index contributed by atoms with van der Waals surface area (Å²) in [7, 11) is 0. The van der Waals surface area contributed by atoms with Gasteiger partial charge in [0.05, 0.1) is 6.20 Å². The van der Waals surface area contributed by atoms with Gasteiger partial charge in [-0.25, -0.2) is 4.98 Å². The molecule has 0 aromatic carbocycles. The van der Waals surface area contributed by atoms with Crippen LogP contribution in [0.3, 0.4) is 0 Å². The summed E-state index contributed by atoms with van der Waals surface area (Å²) in [6.45, 7) is 4.51. The third kappa shape index (κ3) is 3.25. The van der Waals surface area contributed by atoms with Crippen LogP contribution in [0.15, 0.2) is 6.20 Å². The quantitative estimate of drug-likeness (QED) is 0.837. The van der Waals surface area contributed by atoms with Crippen molar-refractivity contribution in [3.8, 4) is 0 Å². The molecule has 1 amide bonds. The molecule has 2 saturated heterocycles. The Bertz CT molecular complexity index is 506. The number of rotatable bonds is 2. The van der Waals surface area contributed by atoms with Crippen molar-refractivity contribution in [2.24, 2.45) is 0 Å². The number of carbonyl (C=O) groups is 1. The summed E-state index contributed by atoms with van der Waals surface area (Å²) in [4.78, 5) is 18.9. The van der Waals surface area contributed by atoms with Gasteiger partial charge in [-0.15, -0.1) is 11.3 Å². The van der Waals surface area contributed by atoms with Gasteiger partial charge in [0, 0.05) is 25.1 Å². The van der Waals surface area contributed by atoms with Crippen LogP contribution in [0.2, 0.25) is 4.34 Å². The van der Waals surface area contributed by atoms with Gasteiger partial charge in [0.1, 0.15) is 15.4 Å². The van der Waals surface area contributed by atoms with Gasteiger partial charge in [-0.1, -0.05) is 18.5 Å². The van der Waals surface area contributed by atoms with Crippen LogP contribution >= 0.6 is 22.9 Å². The lowest BCUT2D eigenvalue weighted by Crippen LogP contribution is -2.48. The predicted octanol–water partition coefficient (Wildman–Crippen LogP) is 3.25. The average molecular weight is 329 g/mol. The zero-order chi connectivity index (χ0) is 14.9. The lowest BCUT2D eigenvalue weighted by atomic mass is 9.81. The molecular weight excluding hydrogens is 308 g/mol. The molecular formula is C15H21ClN2O2S.